The monoisotopic (exact) mass is 476 g/mol. The van der Waals surface area contributed by atoms with Crippen LogP contribution in [-0.4, -0.2) is 16.8 Å². The number of rotatable bonds is 6. The molecule has 0 fully saturated rings. The predicted molar refractivity (Wildman–Crippen MR) is 135 cm³/mol. The molecular formula is C29H20N2O5. The number of nitrogens with one attached hydrogen (secondary N) is 1. The van der Waals surface area contributed by atoms with Gasteiger partial charge in [0.2, 0.25) is 5.78 Å². The number of furan rings is 2. The van der Waals surface area contributed by atoms with Gasteiger partial charge in [0.25, 0.3) is 5.91 Å². The second kappa shape index (κ2) is 8.63. The van der Waals surface area contributed by atoms with E-state index in [1.165, 1.54) is 11.2 Å². The van der Waals surface area contributed by atoms with Gasteiger partial charge in [-0.1, -0.05) is 36.4 Å². The van der Waals surface area contributed by atoms with Crippen molar-refractivity contribution in [3.8, 4) is 0 Å². The van der Waals surface area contributed by atoms with Crippen molar-refractivity contribution >= 4 is 39.7 Å². The molecule has 1 aliphatic rings. The highest BCUT2D eigenvalue weighted by molar-refractivity contribution is 6.20. The maximum Gasteiger partial charge on any atom is 0.294 e. The van der Waals surface area contributed by atoms with Crippen LogP contribution in [0.1, 0.15) is 22.4 Å². The maximum absolute atomic E-state index is 13.6. The number of aliphatic hydroxyl groups excluding tert-OH is 1. The van der Waals surface area contributed by atoms with Gasteiger partial charge in [-0.15, -0.1) is 0 Å². The molecule has 6 rings (SSSR count). The van der Waals surface area contributed by atoms with Crippen molar-refractivity contribution in [2.24, 2.45) is 0 Å². The lowest BCUT2D eigenvalue weighted by molar-refractivity contribution is -0.117. The molecule has 1 aliphatic heterocycles. The Morgan fingerprint density at radius 1 is 0.861 bits per heavy atom. The van der Waals surface area contributed by atoms with Crippen LogP contribution in [0.3, 0.4) is 0 Å². The molecule has 2 N–H and O–H groups in total. The van der Waals surface area contributed by atoms with Gasteiger partial charge in [0.05, 0.1) is 11.8 Å². The Labute approximate surface area is 205 Å². The summed E-state index contributed by atoms with van der Waals surface area (Å²) in [6, 6.07) is 28.1. The Balaban J connectivity index is 1.37. The predicted octanol–water partition coefficient (Wildman–Crippen LogP) is 6.55. The largest absolute Gasteiger partial charge is 0.503 e. The van der Waals surface area contributed by atoms with Gasteiger partial charge in [-0.2, -0.15) is 0 Å². The third-order valence-corrected chi connectivity index (χ3v) is 6.12. The van der Waals surface area contributed by atoms with Crippen molar-refractivity contribution in [3.05, 3.63) is 126 Å². The van der Waals surface area contributed by atoms with E-state index in [0.717, 1.165) is 16.8 Å². The third-order valence-electron chi connectivity index (χ3n) is 6.12. The third kappa shape index (κ3) is 3.63. The summed E-state index contributed by atoms with van der Waals surface area (Å²) in [5, 5.41) is 14.9. The van der Waals surface area contributed by atoms with Gasteiger partial charge in [-0.25, -0.2) is 0 Å². The minimum absolute atomic E-state index is 0.0337. The fourth-order valence-electron chi connectivity index (χ4n) is 4.44. The highest BCUT2D eigenvalue weighted by Crippen LogP contribution is 2.42. The van der Waals surface area contributed by atoms with E-state index in [9.17, 15) is 14.7 Å². The van der Waals surface area contributed by atoms with Gasteiger partial charge in [-0.05, 0) is 60.7 Å². The van der Waals surface area contributed by atoms with E-state index >= 15 is 0 Å². The summed E-state index contributed by atoms with van der Waals surface area (Å²) >= 11 is 0. The van der Waals surface area contributed by atoms with E-state index in [4.69, 9.17) is 8.83 Å². The van der Waals surface area contributed by atoms with Crippen molar-refractivity contribution in [2.75, 3.05) is 10.2 Å². The highest BCUT2D eigenvalue weighted by Gasteiger charge is 2.46. The van der Waals surface area contributed by atoms with E-state index in [0.29, 0.717) is 17.0 Å². The van der Waals surface area contributed by atoms with Crippen LogP contribution in [0, 0.1) is 0 Å². The molecule has 1 unspecified atom stereocenters. The van der Waals surface area contributed by atoms with Crippen LogP contribution < -0.4 is 10.2 Å². The zero-order valence-electron chi connectivity index (χ0n) is 18.9. The highest BCUT2D eigenvalue weighted by atomic mass is 16.3. The molecule has 0 spiro atoms. The zero-order chi connectivity index (χ0) is 24.6. The Morgan fingerprint density at radius 3 is 2.31 bits per heavy atom. The van der Waals surface area contributed by atoms with E-state index in [2.05, 4.69) is 5.32 Å². The first-order valence-corrected chi connectivity index (χ1v) is 11.4. The number of carbonyl (C=O) groups excluding carboxylic acids is 2. The van der Waals surface area contributed by atoms with Crippen molar-refractivity contribution in [1.29, 1.82) is 0 Å². The zero-order valence-corrected chi connectivity index (χ0v) is 18.9. The van der Waals surface area contributed by atoms with Gasteiger partial charge < -0.3 is 19.3 Å². The van der Waals surface area contributed by atoms with Gasteiger partial charge in [0.1, 0.15) is 17.4 Å². The van der Waals surface area contributed by atoms with Gasteiger partial charge in [0.15, 0.2) is 11.5 Å². The Bertz CT molecular complexity index is 1570. The summed E-state index contributed by atoms with van der Waals surface area (Å²) in [7, 11) is 0. The average Bonchev–Trinajstić information content (AvgIpc) is 3.64. The summed E-state index contributed by atoms with van der Waals surface area (Å²) in [6.07, 6.45) is 1.46. The molecule has 3 aromatic carbocycles. The molecule has 176 valence electrons. The minimum atomic E-state index is -0.957. The molecule has 0 radical (unpaired) electrons. The van der Waals surface area contributed by atoms with Gasteiger partial charge in [-0.3, -0.25) is 14.5 Å². The van der Waals surface area contributed by atoms with Crippen molar-refractivity contribution in [2.45, 2.75) is 6.04 Å². The van der Waals surface area contributed by atoms with Crippen LogP contribution in [0.15, 0.2) is 123 Å². The molecular weight excluding hydrogens is 456 g/mol. The first-order valence-electron chi connectivity index (χ1n) is 11.4. The maximum atomic E-state index is 13.6. The second-order valence-corrected chi connectivity index (χ2v) is 8.37. The summed E-state index contributed by atoms with van der Waals surface area (Å²) in [6.45, 7) is 0. The Morgan fingerprint density at radius 2 is 1.58 bits per heavy atom. The lowest BCUT2D eigenvalue weighted by Crippen LogP contribution is -2.30. The number of ketones is 1. The van der Waals surface area contributed by atoms with Crippen LogP contribution >= 0.6 is 0 Å². The number of benzene rings is 3. The van der Waals surface area contributed by atoms with Crippen molar-refractivity contribution in [3.63, 3.8) is 0 Å². The number of hydrogen-bond acceptors (Lipinski definition) is 6. The van der Waals surface area contributed by atoms with Crippen LogP contribution in [0.5, 0.6) is 0 Å². The topological polar surface area (TPSA) is 95.9 Å². The number of anilines is 3. The van der Waals surface area contributed by atoms with Crippen LogP contribution in [-0.2, 0) is 4.79 Å². The summed E-state index contributed by atoms with van der Waals surface area (Å²) in [5.41, 5.74) is 2.69. The number of hydrogen-bond donors (Lipinski definition) is 2. The summed E-state index contributed by atoms with van der Waals surface area (Å²) in [5.74, 6) is -1.53. The van der Waals surface area contributed by atoms with E-state index < -0.39 is 23.5 Å². The molecule has 1 atom stereocenters. The van der Waals surface area contributed by atoms with E-state index in [1.807, 2.05) is 54.6 Å². The van der Waals surface area contributed by atoms with Gasteiger partial charge in [0, 0.05) is 22.4 Å². The SMILES string of the molecule is O=C(C1=C(O)C(=O)N(c2ccc(Nc3ccccc3)cc2)C1c1ccco1)c1cc2ccccc2o1. The molecule has 0 aliphatic carbocycles. The van der Waals surface area contributed by atoms with Gasteiger partial charge >= 0.3 is 0 Å². The second-order valence-electron chi connectivity index (χ2n) is 8.37. The standard InChI is InChI=1S/C29H20N2O5/c32-27(24-17-18-7-4-5-10-22(18)36-24)25-26(23-11-6-16-35-23)31(29(34)28(25)33)21-14-12-20(13-15-21)30-19-8-2-1-3-9-19/h1-17,26,30,33H. The molecule has 2 aromatic heterocycles. The number of carbonyl (C=O) groups is 2. The molecule has 0 bridgehead atoms. The van der Waals surface area contributed by atoms with Crippen LogP contribution in [0.2, 0.25) is 0 Å². The number of amides is 1. The fraction of sp³-hybridized carbons (Fsp3) is 0.0345. The lowest BCUT2D eigenvalue weighted by atomic mass is 9.99. The molecule has 5 aromatic rings. The lowest BCUT2D eigenvalue weighted by Gasteiger charge is -2.25. The molecule has 0 saturated heterocycles. The Hall–Kier alpha value is -5.04. The summed E-state index contributed by atoms with van der Waals surface area (Å²) in [4.78, 5) is 28.2. The first-order chi connectivity index (χ1) is 17.6. The van der Waals surface area contributed by atoms with E-state index in [-0.39, 0.29) is 11.3 Å². The number of fused-ring (bicyclic) bond motifs is 1. The fourth-order valence-corrected chi connectivity index (χ4v) is 4.44. The smallest absolute Gasteiger partial charge is 0.294 e. The number of para-hydroxylation sites is 2. The van der Waals surface area contributed by atoms with Crippen molar-refractivity contribution < 1.29 is 23.5 Å². The number of nitrogens with zero attached hydrogens (tertiary/aromatic N) is 1. The molecule has 7 heteroatoms. The molecule has 3 heterocycles. The average molecular weight is 476 g/mol. The molecule has 1 amide bonds. The summed E-state index contributed by atoms with van der Waals surface area (Å²) < 4.78 is 11.4. The first kappa shape index (κ1) is 21.5. The number of aliphatic hydroxyl groups is 1. The van der Waals surface area contributed by atoms with Crippen LogP contribution in [0.4, 0.5) is 17.1 Å². The Kier molecular flexibility index (Phi) is 5.15. The quantitative estimate of drug-likeness (QED) is 0.270. The minimum Gasteiger partial charge on any atom is -0.503 e. The van der Waals surface area contributed by atoms with Crippen molar-refractivity contribution in [1.82, 2.24) is 0 Å². The molecule has 7 nitrogen and oxygen atoms in total. The van der Waals surface area contributed by atoms with E-state index in [1.54, 1.807) is 42.5 Å². The molecule has 36 heavy (non-hydrogen) atoms. The van der Waals surface area contributed by atoms with Crippen LogP contribution in [0.25, 0.3) is 11.0 Å². The molecule has 0 saturated carbocycles. The number of Topliss-reactive ketones (excluding diaryl/α,β-unsaturated/α-hetero) is 1. The normalized spacial score (nSPS) is 15.6.